The quantitative estimate of drug-likeness (QED) is 0.410. The number of amides is 3. The molecule has 0 bridgehead atoms. The van der Waals surface area contributed by atoms with Crippen molar-refractivity contribution in [2.45, 2.75) is 97.0 Å². The maximum Gasteiger partial charge on any atom is 0.408 e. The van der Waals surface area contributed by atoms with Crippen LogP contribution in [-0.4, -0.2) is 63.4 Å². The number of phenolic OH excluding ortho intramolecular Hbond substituents is 1. The molecule has 1 aliphatic rings. The number of aromatic hydroxyl groups is 1. The minimum absolute atomic E-state index is 0.0649. The van der Waals surface area contributed by atoms with Gasteiger partial charge in [0.1, 0.15) is 23.4 Å². The highest BCUT2D eigenvalue weighted by atomic mass is 16.6. The summed E-state index contributed by atoms with van der Waals surface area (Å²) < 4.78 is 5.23. The number of hydrogen-bond donors (Lipinski definition) is 4. The van der Waals surface area contributed by atoms with E-state index < -0.39 is 42.2 Å². The highest BCUT2D eigenvalue weighted by Crippen LogP contribution is 2.39. The van der Waals surface area contributed by atoms with Crippen LogP contribution in [0.3, 0.4) is 0 Å². The number of carbonyl (C=O) groups is 3. The number of nitrogens with one attached hydrogen (secondary N) is 2. The highest BCUT2D eigenvalue weighted by molar-refractivity contribution is 5.93. The second-order valence-electron chi connectivity index (χ2n) is 9.97. The second-order valence-corrected chi connectivity index (χ2v) is 9.97. The van der Waals surface area contributed by atoms with Crippen molar-refractivity contribution in [3.05, 3.63) is 29.3 Å². The van der Waals surface area contributed by atoms with Gasteiger partial charge in [-0.1, -0.05) is 31.5 Å². The number of aryl methyl sites for hydroxylation is 1. The normalized spacial score (nSPS) is 16.2. The Morgan fingerprint density at radius 2 is 1.85 bits per heavy atom. The Hall–Kier alpha value is -2.81. The monoisotopic (exact) mass is 477 g/mol. The number of ether oxygens (including phenoxy) is 1. The standard InChI is InChI=1S/C25H39N3O6/c1-7-9-16(3)26-22(31)20(18-11-8-10-15(2)21(18)30)28(17-12-13-17)23(32)19(14-29)27-24(33)34-25(4,5)6/h8,10-11,16-17,19-20,29-30H,7,9,12-14H2,1-6H3,(H,26,31)(H,27,33). The van der Waals surface area contributed by atoms with Crippen molar-refractivity contribution >= 4 is 17.9 Å². The van der Waals surface area contributed by atoms with Crippen LogP contribution in [0, 0.1) is 6.92 Å². The lowest BCUT2D eigenvalue weighted by Gasteiger charge is -2.35. The number of benzene rings is 1. The summed E-state index contributed by atoms with van der Waals surface area (Å²) in [5.74, 6) is -1.10. The Kier molecular flexibility index (Phi) is 9.32. The van der Waals surface area contributed by atoms with Gasteiger partial charge in [-0.05, 0) is 59.4 Å². The first kappa shape index (κ1) is 27.4. The van der Waals surface area contributed by atoms with Crippen LogP contribution < -0.4 is 10.6 Å². The molecule has 0 aromatic heterocycles. The molecule has 0 saturated heterocycles. The van der Waals surface area contributed by atoms with Crippen LogP contribution >= 0.6 is 0 Å². The van der Waals surface area contributed by atoms with Crippen LogP contribution in [0.4, 0.5) is 4.79 Å². The summed E-state index contributed by atoms with van der Waals surface area (Å²) in [6.45, 7) is 10.0. The number of para-hydroxylation sites is 1. The summed E-state index contributed by atoms with van der Waals surface area (Å²) in [7, 11) is 0. The number of hydrogen-bond acceptors (Lipinski definition) is 6. The van der Waals surface area contributed by atoms with E-state index in [4.69, 9.17) is 4.74 Å². The number of phenols is 1. The molecule has 4 N–H and O–H groups in total. The van der Waals surface area contributed by atoms with Crippen LogP contribution in [0.25, 0.3) is 0 Å². The van der Waals surface area contributed by atoms with Crippen molar-refractivity contribution in [1.82, 2.24) is 15.5 Å². The Morgan fingerprint density at radius 1 is 1.21 bits per heavy atom. The van der Waals surface area contributed by atoms with Gasteiger partial charge in [0, 0.05) is 17.6 Å². The summed E-state index contributed by atoms with van der Waals surface area (Å²) in [4.78, 5) is 40.8. The molecule has 0 heterocycles. The van der Waals surface area contributed by atoms with E-state index in [0.29, 0.717) is 24.0 Å². The number of carbonyl (C=O) groups excluding carboxylic acids is 3. The molecule has 1 saturated carbocycles. The topological polar surface area (TPSA) is 128 Å². The third-order valence-corrected chi connectivity index (χ3v) is 5.57. The van der Waals surface area contributed by atoms with Gasteiger partial charge in [-0.2, -0.15) is 0 Å². The van der Waals surface area contributed by atoms with E-state index in [2.05, 4.69) is 10.6 Å². The first-order chi connectivity index (χ1) is 15.9. The van der Waals surface area contributed by atoms with E-state index in [1.165, 1.54) is 4.90 Å². The predicted octanol–water partition coefficient (Wildman–Crippen LogP) is 2.92. The van der Waals surface area contributed by atoms with Crippen LogP contribution in [0.1, 0.15) is 77.5 Å². The van der Waals surface area contributed by atoms with Gasteiger partial charge in [0.2, 0.25) is 11.8 Å². The van der Waals surface area contributed by atoms with E-state index in [1.54, 1.807) is 45.9 Å². The van der Waals surface area contributed by atoms with Gasteiger partial charge in [-0.3, -0.25) is 9.59 Å². The van der Waals surface area contributed by atoms with Gasteiger partial charge in [-0.15, -0.1) is 0 Å². The number of rotatable bonds is 10. The van der Waals surface area contributed by atoms with Gasteiger partial charge in [0.05, 0.1) is 6.61 Å². The molecule has 9 nitrogen and oxygen atoms in total. The average molecular weight is 478 g/mol. The molecule has 190 valence electrons. The molecule has 1 aromatic rings. The largest absolute Gasteiger partial charge is 0.507 e. The number of aliphatic hydroxyl groups excluding tert-OH is 1. The van der Waals surface area contributed by atoms with Crippen molar-refractivity contribution in [2.75, 3.05) is 6.61 Å². The molecule has 2 rings (SSSR count). The Labute approximate surface area is 201 Å². The Bertz CT molecular complexity index is 878. The summed E-state index contributed by atoms with van der Waals surface area (Å²) >= 11 is 0. The number of nitrogens with zero attached hydrogens (tertiary/aromatic N) is 1. The van der Waals surface area contributed by atoms with Crippen molar-refractivity contribution < 1.29 is 29.3 Å². The fourth-order valence-electron chi connectivity index (χ4n) is 3.83. The Morgan fingerprint density at radius 3 is 2.38 bits per heavy atom. The molecule has 0 radical (unpaired) electrons. The SMILES string of the molecule is CCCC(C)NC(=O)C(c1cccc(C)c1O)N(C(=O)C(CO)NC(=O)OC(C)(C)C)C1CC1. The van der Waals surface area contributed by atoms with E-state index in [0.717, 1.165) is 12.8 Å². The molecule has 9 heteroatoms. The molecule has 1 aliphatic carbocycles. The lowest BCUT2D eigenvalue weighted by Crippen LogP contribution is -2.55. The van der Waals surface area contributed by atoms with Gasteiger partial charge in [0.25, 0.3) is 0 Å². The smallest absolute Gasteiger partial charge is 0.408 e. The number of alkyl carbamates (subject to hydrolysis) is 1. The van der Waals surface area contributed by atoms with Gasteiger partial charge >= 0.3 is 6.09 Å². The maximum absolute atomic E-state index is 13.6. The van der Waals surface area contributed by atoms with Gasteiger partial charge in [0.15, 0.2) is 0 Å². The molecule has 0 aliphatic heterocycles. The summed E-state index contributed by atoms with van der Waals surface area (Å²) in [6.07, 6.45) is 2.15. The average Bonchev–Trinajstić information content (AvgIpc) is 3.56. The molecule has 0 spiro atoms. The van der Waals surface area contributed by atoms with Crippen LogP contribution in [0.15, 0.2) is 18.2 Å². The zero-order chi connectivity index (χ0) is 25.6. The lowest BCUT2D eigenvalue weighted by atomic mass is 9.98. The van der Waals surface area contributed by atoms with E-state index in [1.807, 2.05) is 13.8 Å². The Balaban J connectivity index is 2.43. The molecule has 34 heavy (non-hydrogen) atoms. The first-order valence-corrected chi connectivity index (χ1v) is 11.9. The summed E-state index contributed by atoms with van der Waals surface area (Å²) in [5.41, 5.74) is 0.0928. The van der Waals surface area contributed by atoms with Gasteiger partial charge < -0.3 is 30.5 Å². The van der Waals surface area contributed by atoms with Crippen LogP contribution in [0.2, 0.25) is 0 Å². The third kappa shape index (κ3) is 7.35. The zero-order valence-electron chi connectivity index (χ0n) is 21.1. The lowest BCUT2D eigenvalue weighted by molar-refractivity contribution is -0.144. The van der Waals surface area contributed by atoms with E-state index in [9.17, 15) is 24.6 Å². The van der Waals surface area contributed by atoms with Crippen LogP contribution in [-0.2, 0) is 14.3 Å². The van der Waals surface area contributed by atoms with Crippen molar-refractivity contribution in [3.8, 4) is 5.75 Å². The predicted molar refractivity (Wildman–Crippen MR) is 128 cm³/mol. The highest BCUT2D eigenvalue weighted by Gasteiger charge is 2.45. The molecule has 3 unspecified atom stereocenters. The van der Waals surface area contributed by atoms with E-state index >= 15 is 0 Å². The minimum atomic E-state index is -1.30. The third-order valence-electron chi connectivity index (χ3n) is 5.57. The van der Waals surface area contributed by atoms with Gasteiger partial charge in [-0.25, -0.2) is 4.79 Å². The zero-order valence-corrected chi connectivity index (χ0v) is 21.1. The first-order valence-electron chi connectivity index (χ1n) is 11.9. The van der Waals surface area contributed by atoms with Crippen LogP contribution in [0.5, 0.6) is 5.75 Å². The number of aliphatic hydroxyl groups is 1. The minimum Gasteiger partial charge on any atom is -0.507 e. The maximum atomic E-state index is 13.6. The molecule has 1 aromatic carbocycles. The molecular weight excluding hydrogens is 438 g/mol. The molecule has 3 atom stereocenters. The molecule has 1 fully saturated rings. The molecule has 3 amide bonds. The fraction of sp³-hybridized carbons (Fsp3) is 0.640. The van der Waals surface area contributed by atoms with Crippen molar-refractivity contribution in [1.29, 1.82) is 0 Å². The van der Waals surface area contributed by atoms with Crippen molar-refractivity contribution in [3.63, 3.8) is 0 Å². The molecular formula is C25H39N3O6. The fourth-order valence-corrected chi connectivity index (χ4v) is 3.83. The summed E-state index contributed by atoms with van der Waals surface area (Å²) in [5, 5.41) is 26.1. The van der Waals surface area contributed by atoms with Crippen molar-refractivity contribution in [2.24, 2.45) is 0 Å². The second kappa shape index (κ2) is 11.6. The van der Waals surface area contributed by atoms with E-state index in [-0.39, 0.29) is 17.8 Å². The summed E-state index contributed by atoms with van der Waals surface area (Å²) in [6, 6.07) is 2.26.